The first kappa shape index (κ1) is 18.7. The van der Waals surface area contributed by atoms with Crippen LogP contribution in [0.15, 0.2) is 42.5 Å². The molecule has 2 aromatic carbocycles. The molecule has 2 heterocycles. The molecular formula is C23H27N3O2. The standard InChI is InChI=1S/C23H27N3O2/c1-16-17(2)24-25-22(16)10-11-23(27)26-12-13-28-20(15-26)14-19-8-5-7-18-6-3-4-9-21(18)19/h3-9,20H,10-15H2,1-2H3,(H,24,25)/t20-/m1/s1. The Bertz CT molecular complexity index is 974. The van der Waals surface area contributed by atoms with Gasteiger partial charge in [0.15, 0.2) is 0 Å². The predicted octanol–water partition coefficient (Wildman–Crippen LogP) is 3.58. The number of carbonyl (C=O) groups is 1. The SMILES string of the molecule is Cc1[nH]nc(CCC(=O)N2CCO[C@H](Cc3cccc4ccccc34)C2)c1C. The number of fused-ring (bicyclic) bond motifs is 1. The van der Waals surface area contributed by atoms with Crippen molar-refractivity contribution in [3.8, 4) is 0 Å². The number of aromatic amines is 1. The predicted molar refractivity (Wildman–Crippen MR) is 110 cm³/mol. The lowest BCUT2D eigenvalue weighted by molar-refractivity contribution is -0.138. The van der Waals surface area contributed by atoms with E-state index in [4.69, 9.17) is 4.74 Å². The molecule has 1 aliphatic rings. The maximum atomic E-state index is 12.7. The van der Waals surface area contributed by atoms with E-state index in [1.54, 1.807) is 0 Å². The van der Waals surface area contributed by atoms with Crippen molar-refractivity contribution in [1.82, 2.24) is 15.1 Å². The first-order chi connectivity index (χ1) is 13.6. The van der Waals surface area contributed by atoms with Gasteiger partial charge in [-0.25, -0.2) is 0 Å². The Balaban J connectivity index is 1.38. The average molecular weight is 377 g/mol. The van der Waals surface area contributed by atoms with Crippen molar-refractivity contribution in [1.29, 1.82) is 0 Å². The minimum absolute atomic E-state index is 0.0397. The lowest BCUT2D eigenvalue weighted by atomic mass is 9.99. The summed E-state index contributed by atoms with van der Waals surface area (Å²) in [6.45, 7) is 5.98. The van der Waals surface area contributed by atoms with E-state index in [1.807, 2.05) is 18.7 Å². The molecule has 0 aliphatic carbocycles. The van der Waals surface area contributed by atoms with Crippen molar-refractivity contribution in [2.45, 2.75) is 39.2 Å². The van der Waals surface area contributed by atoms with Crippen LogP contribution in [0.25, 0.3) is 10.8 Å². The van der Waals surface area contributed by atoms with Crippen LogP contribution in [0.5, 0.6) is 0 Å². The zero-order valence-electron chi connectivity index (χ0n) is 16.6. The van der Waals surface area contributed by atoms with E-state index in [-0.39, 0.29) is 12.0 Å². The number of rotatable bonds is 5. The number of ether oxygens (including phenoxy) is 1. The van der Waals surface area contributed by atoms with Crippen LogP contribution in [0, 0.1) is 13.8 Å². The molecule has 5 nitrogen and oxygen atoms in total. The molecule has 1 atom stereocenters. The summed E-state index contributed by atoms with van der Waals surface area (Å²) < 4.78 is 5.99. The highest BCUT2D eigenvalue weighted by molar-refractivity contribution is 5.85. The number of carbonyl (C=O) groups excluding carboxylic acids is 1. The molecule has 3 aromatic rings. The number of nitrogens with one attached hydrogen (secondary N) is 1. The number of aryl methyl sites for hydroxylation is 2. The third kappa shape index (κ3) is 3.94. The van der Waals surface area contributed by atoms with Gasteiger partial charge in [0.25, 0.3) is 0 Å². The van der Waals surface area contributed by atoms with Gasteiger partial charge in [0.1, 0.15) is 0 Å². The van der Waals surface area contributed by atoms with Gasteiger partial charge >= 0.3 is 0 Å². The van der Waals surface area contributed by atoms with Crippen molar-refractivity contribution in [2.75, 3.05) is 19.7 Å². The Morgan fingerprint density at radius 3 is 2.86 bits per heavy atom. The van der Waals surface area contributed by atoms with Crippen LogP contribution in [0.1, 0.15) is 28.9 Å². The normalized spacial score (nSPS) is 17.2. The van der Waals surface area contributed by atoms with Crippen molar-refractivity contribution in [3.63, 3.8) is 0 Å². The molecule has 1 aromatic heterocycles. The number of amides is 1. The van der Waals surface area contributed by atoms with Gasteiger partial charge in [0, 0.05) is 38.0 Å². The number of hydrogen-bond acceptors (Lipinski definition) is 3. The van der Waals surface area contributed by atoms with Crippen LogP contribution in [-0.2, 0) is 22.4 Å². The smallest absolute Gasteiger partial charge is 0.223 e. The van der Waals surface area contributed by atoms with Crippen LogP contribution in [0.3, 0.4) is 0 Å². The van der Waals surface area contributed by atoms with Crippen LogP contribution < -0.4 is 0 Å². The Hall–Kier alpha value is -2.66. The second-order valence-electron chi connectivity index (χ2n) is 7.60. The largest absolute Gasteiger partial charge is 0.374 e. The number of H-pyrrole nitrogens is 1. The van der Waals surface area contributed by atoms with Crippen molar-refractivity contribution < 1.29 is 9.53 Å². The van der Waals surface area contributed by atoms with E-state index in [0.29, 0.717) is 32.5 Å². The Morgan fingerprint density at radius 1 is 1.21 bits per heavy atom. The Labute approximate surface area is 165 Å². The summed E-state index contributed by atoms with van der Waals surface area (Å²) in [6.07, 6.45) is 2.04. The first-order valence-electron chi connectivity index (χ1n) is 9.98. The number of aromatic nitrogens is 2. The molecule has 28 heavy (non-hydrogen) atoms. The summed E-state index contributed by atoms with van der Waals surface area (Å²) in [6, 6.07) is 14.8. The third-order valence-electron chi connectivity index (χ3n) is 5.75. The molecule has 1 saturated heterocycles. The van der Waals surface area contributed by atoms with Crippen molar-refractivity contribution in [2.24, 2.45) is 0 Å². The topological polar surface area (TPSA) is 58.2 Å². The molecule has 4 rings (SSSR count). The summed E-state index contributed by atoms with van der Waals surface area (Å²) in [5, 5.41) is 9.82. The van der Waals surface area contributed by atoms with Gasteiger partial charge < -0.3 is 9.64 Å². The monoisotopic (exact) mass is 377 g/mol. The molecule has 0 radical (unpaired) electrons. The average Bonchev–Trinajstić information content (AvgIpc) is 3.04. The lowest BCUT2D eigenvalue weighted by Crippen LogP contribution is -2.46. The van der Waals surface area contributed by atoms with Crippen molar-refractivity contribution >= 4 is 16.7 Å². The zero-order valence-corrected chi connectivity index (χ0v) is 16.6. The number of benzene rings is 2. The molecule has 0 bridgehead atoms. The van der Waals surface area contributed by atoms with Crippen LogP contribution >= 0.6 is 0 Å². The molecule has 0 unspecified atom stereocenters. The highest BCUT2D eigenvalue weighted by atomic mass is 16.5. The van der Waals surface area contributed by atoms with E-state index < -0.39 is 0 Å². The van der Waals surface area contributed by atoms with Gasteiger partial charge in [-0.3, -0.25) is 9.89 Å². The summed E-state index contributed by atoms with van der Waals surface area (Å²) in [5.41, 5.74) is 4.50. The first-order valence-corrected chi connectivity index (χ1v) is 9.98. The number of hydrogen-bond donors (Lipinski definition) is 1. The molecule has 146 valence electrons. The second-order valence-corrected chi connectivity index (χ2v) is 7.60. The fourth-order valence-electron chi connectivity index (χ4n) is 3.95. The molecule has 1 fully saturated rings. The maximum absolute atomic E-state index is 12.7. The fraction of sp³-hybridized carbons (Fsp3) is 0.391. The molecule has 1 amide bonds. The fourth-order valence-corrected chi connectivity index (χ4v) is 3.95. The Morgan fingerprint density at radius 2 is 2.04 bits per heavy atom. The highest BCUT2D eigenvalue weighted by Crippen LogP contribution is 2.22. The highest BCUT2D eigenvalue weighted by Gasteiger charge is 2.25. The van der Waals surface area contributed by atoms with Gasteiger partial charge in [0.2, 0.25) is 5.91 Å². The molecule has 5 heteroatoms. The minimum Gasteiger partial charge on any atom is -0.374 e. The van der Waals surface area contributed by atoms with Crippen LogP contribution in [-0.4, -0.2) is 46.8 Å². The van der Waals surface area contributed by atoms with Crippen molar-refractivity contribution in [3.05, 3.63) is 65.0 Å². The van der Waals surface area contributed by atoms with E-state index in [1.165, 1.54) is 16.3 Å². The third-order valence-corrected chi connectivity index (χ3v) is 5.75. The molecule has 1 N–H and O–H groups in total. The van der Waals surface area contributed by atoms with Gasteiger partial charge in [-0.2, -0.15) is 5.10 Å². The molecule has 1 aliphatic heterocycles. The van der Waals surface area contributed by atoms with E-state index in [0.717, 1.165) is 23.4 Å². The van der Waals surface area contributed by atoms with Crippen LogP contribution in [0.2, 0.25) is 0 Å². The van der Waals surface area contributed by atoms with E-state index in [2.05, 4.69) is 52.7 Å². The van der Waals surface area contributed by atoms with Gasteiger partial charge in [-0.1, -0.05) is 42.5 Å². The number of nitrogens with zero attached hydrogens (tertiary/aromatic N) is 2. The molecule has 0 saturated carbocycles. The summed E-state index contributed by atoms with van der Waals surface area (Å²) in [7, 11) is 0. The Kier molecular flexibility index (Phi) is 5.44. The summed E-state index contributed by atoms with van der Waals surface area (Å²) >= 11 is 0. The minimum atomic E-state index is 0.0397. The van der Waals surface area contributed by atoms with E-state index >= 15 is 0 Å². The van der Waals surface area contributed by atoms with Crippen LogP contribution in [0.4, 0.5) is 0 Å². The van der Waals surface area contributed by atoms with Gasteiger partial charge in [-0.05, 0) is 35.7 Å². The lowest BCUT2D eigenvalue weighted by Gasteiger charge is -2.33. The quantitative estimate of drug-likeness (QED) is 0.739. The van der Waals surface area contributed by atoms with Gasteiger partial charge in [0.05, 0.1) is 18.4 Å². The van der Waals surface area contributed by atoms with E-state index in [9.17, 15) is 4.79 Å². The summed E-state index contributed by atoms with van der Waals surface area (Å²) in [5.74, 6) is 0.186. The van der Waals surface area contributed by atoms with Gasteiger partial charge in [-0.15, -0.1) is 0 Å². The zero-order chi connectivity index (χ0) is 19.5. The molecular weight excluding hydrogens is 350 g/mol. The summed E-state index contributed by atoms with van der Waals surface area (Å²) in [4.78, 5) is 14.7. The maximum Gasteiger partial charge on any atom is 0.223 e. The second kappa shape index (κ2) is 8.15. The number of morpholine rings is 1. The molecule has 0 spiro atoms.